The molecule has 4 heterocycles. The first kappa shape index (κ1) is 20.6. The van der Waals surface area contributed by atoms with Gasteiger partial charge in [0.1, 0.15) is 23.6 Å². The van der Waals surface area contributed by atoms with Gasteiger partial charge in [-0.1, -0.05) is 11.2 Å². The number of rotatable bonds is 6. The van der Waals surface area contributed by atoms with Crippen molar-refractivity contribution in [2.24, 2.45) is 11.8 Å². The summed E-state index contributed by atoms with van der Waals surface area (Å²) < 4.78 is 25.2. The fourth-order valence-corrected chi connectivity index (χ4v) is 5.21. The number of nitriles is 1. The molecule has 34 heavy (non-hydrogen) atoms. The van der Waals surface area contributed by atoms with Crippen LogP contribution >= 0.6 is 0 Å². The summed E-state index contributed by atoms with van der Waals surface area (Å²) >= 11 is 0. The SMILES string of the molecule is N#CC1(c2ccc(-c3ccc(N4C[C@H](CNc5ccon5)OC4=O)cc3F)cn2)[C@@H]2CNC[C@@H]21. The molecule has 1 aromatic carbocycles. The smallest absolute Gasteiger partial charge is 0.414 e. The molecule has 1 saturated carbocycles. The van der Waals surface area contributed by atoms with Crippen molar-refractivity contribution in [3.8, 4) is 17.2 Å². The zero-order chi connectivity index (χ0) is 23.3. The fourth-order valence-electron chi connectivity index (χ4n) is 5.21. The molecule has 0 bridgehead atoms. The van der Waals surface area contributed by atoms with Crippen LogP contribution in [0.1, 0.15) is 5.69 Å². The van der Waals surface area contributed by atoms with Crippen molar-refractivity contribution in [3.63, 3.8) is 0 Å². The highest BCUT2D eigenvalue weighted by Gasteiger charge is 2.69. The number of pyridine rings is 1. The van der Waals surface area contributed by atoms with Crippen LogP contribution in [0.5, 0.6) is 0 Å². The standard InChI is InChI=1S/C24H21FN6O3/c25-20-7-15(31-12-16(34-23(31)32)9-29-22-5-6-33-30-22)2-3-17(20)14-1-4-21(28-8-14)24(13-26)18-10-27-11-19(18)24/h1-8,16,18-19,27H,9-12H2,(H,29,30)/t16-,18-,19+,24?/m0/s1. The van der Waals surface area contributed by atoms with Gasteiger partial charge in [-0.05, 0) is 24.3 Å². The molecule has 2 N–H and O–H groups in total. The summed E-state index contributed by atoms with van der Waals surface area (Å²) in [6.45, 7) is 2.29. The Morgan fingerprint density at radius 3 is 2.79 bits per heavy atom. The second-order valence-corrected chi connectivity index (χ2v) is 8.83. The maximum Gasteiger partial charge on any atom is 0.414 e. The van der Waals surface area contributed by atoms with Gasteiger partial charge >= 0.3 is 6.09 Å². The topological polar surface area (TPSA) is 116 Å². The molecule has 0 radical (unpaired) electrons. The zero-order valence-corrected chi connectivity index (χ0v) is 18.1. The molecule has 1 unspecified atom stereocenters. The van der Waals surface area contributed by atoms with Crippen molar-refractivity contribution in [1.82, 2.24) is 15.5 Å². The molecule has 2 aromatic heterocycles. The van der Waals surface area contributed by atoms with Crippen molar-refractivity contribution in [1.29, 1.82) is 5.26 Å². The highest BCUT2D eigenvalue weighted by Crippen LogP contribution is 2.60. The molecule has 1 aliphatic carbocycles. The number of carbonyl (C=O) groups excluding carboxylic acids is 1. The van der Waals surface area contributed by atoms with E-state index >= 15 is 4.39 Å². The van der Waals surface area contributed by atoms with Crippen LogP contribution < -0.4 is 15.5 Å². The number of cyclic esters (lactones) is 1. The monoisotopic (exact) mass is 460 g/mol. The van der Waals surface area contributed by atoms with E-state index in [0.717, 1.165) is 18.8 Å². The first-order chi connectivity index (χ1) is 16.6. The molecule has 3 aromatic rings. The van der Waals surface area contributed by atoms with Crippen LogP contribution in [0, 0.1) is 29.0 Å². The first-order valence-corrected chi connectivity index (χ1v) is 11.1. The number of hydrogen-bond donors (Lipinski definition) is 2. The third-order valence-electron chi connectivity index (χ3n) is 7.05. The van der Waals surface area contributed by atoms with E-state index in [4.69, 9.17) is 9.26 Å². The van der Waals surface area contributed by atoms with Crippen LogP contribution in [-0.2, 0) is 10.2 Å². The van der Waals surface area contributed by atoms with Crippen LogP contribution in [0.3, 0.4) is 0 Å². The summed E-state index contributed by atoms with van der Waals surface area (Å²) in [5, 5.41) is 19.8. The van der Waals surface area contributed by atoms with Gasteiger partial charge in [0.25, 0.3) is 0 Å². The van der Waals surface area contributed by atoms with Crippen LogP contribution in [0.2, 0.25) is 0 Å². The van der Waals surface area contributed by atoms with Crippen molar-refractivity contribution in [2.45, 2.75) is 11.5 Å². The molecule has 6 rings (SSSR count). The third kappa shape index (κ3) is 3.20. The lowest BCUT2D eigenvalue weighted by molar-refractivity contribution is 0.147. The molecule has 1 amide bonds. The number of nitrogens with one attached hydrogen (secondary N) is 2. The average molecular weight is 460 g/mol. The molecule has 172 valence electrons. The van der Waals surface area contributed by atoms with Crippen LogP contribution in [0.25, 0.3) is 11.1 Å². The van der Waals surface area contributed by atoms with Crippen molar-refractivity contribution < 1.29 is 18.4 Å². The number of nitrogens with zero attached hydrogens (tertiary/aromatic N) is 4. The summed E-state index contributed by atoms with van der Waals surface area (Å²) in [4.78, 5) is 18.3. The molecule has 3 aliphatic rings. The third-order valence-corrected chi connectivity index (χ3v) is 7.05. The lowest BCUT2D eigenvalue weighted by Gasteiger charge is -2.15. The van der Waals surface area contributed by atoms with Crippen LogP contribution in [0.15, 0.2) is 53.4 Å². The number of halogens is 1. The van der Waals surface area contributed by atoms with E-state index < -0.39 is 23.4 Å². The van der Waals surface area contributed by atoms with Gasteiger partial charge in [-0.15, -0.1) is 0 Å². The number of piperidine rings is 1. The number of anilines is 2. The minimum absolute atomic E-state index is 0.284. The normalized spacial score (nSPS) is 27.2. The quantitative estimate of drug-likeness (QED) is 0.577. The number of aromatic nitrogens is 2. The molecule has 0 spiro atoms. The van der Waals surface area contributed by atoms with Gasteiger partial charge in [0.2, 0.25) is 0 Å². The predicted octanol–water partition coefficient (Wildman–Crippen LogP) is 2.92. The summed E-state index contributed by atoms with van der Waals surface area (Å²) in [6.07, 6.45) is 2.12. The number of carbonyl (C=O) groups is 1. The molecular weight excluding hydrogens is 439 g/mol. The number of fused-ring (bicyclic) bond motifs is 1. The maximum absolute atomic E-state index is 15.1. The fraction of sp³-hybridized carbons (Fsp3) is 0.333. The molecule has 2 saturated heterocycles. The largest absolute Gasteiger partial charge is 0.442 e. The summed E-state index contributed by atoms with van der Waals surface area (Å²) in [5.74, 6) is 0.669. The van der Waals surface area contributed by atoms with Crippen LogP contribution in [-0.4, -0.2) is 48.5 Å². The number of amides is 1. The zero-order valence-electron chi connectivity index (χ0n) is 18.1. The van der Waals surface area contributed by atoms with Gasteiger partial charge < -0.3 is 19.9 Å². The Hall–Kier alpha value is -3.97. The Morgan fingerprint density at radius 1 is 1.26 bits per heavy atom. The highest BCUT2D eigenvalue weighted by atomic mass is 19.1. The second-order valence-electron chi connectivity index (χ2n) is 8.83. The van der Waals surface area contributed by atoms with E-state index in [-0.39, 0.29) is 6.54 Å². The molecule has 9 nitrogen and oxygen atoms in total. The van der Waals surface area contributed by atoms with Gasteiger partial charge in [0, 0.05) is 48.3 Å². The summed E-state index contributed by atoms with van der Waals surface area (Å²) in [5.41, 5.74) is 1.63. The Balaban J connectivity index is 1.16. The average Bonchev–Trinajstić information content (AvgIpc) is 3.38. The van der Waals surface area contributed by atoms with Crippen molar-refractivity contribution in [3.05, 3.63) is 60.4 Å². The summed E-state index contributed by atoms with van der Waals surface area (Å²) in [7, 11) is 0. The van der Waals surface area contributed by atoms with E-state index in [9.17, 15) is 10.1 Å². The molecule has 2 aliphatic heterocycles. The number of benzene rings is 1. The van der Waals surface area contributed by atoms with Gasteiger partial charge in [0.15, 0.2) is 5.82 Å². The van der Waals surface area contributed by atoms with Crippen molar-refractivity contribution >= 4 is 17.6 Å². The predicted molar refractivity (Wildman–Crippen MR) is 119 cm³/mol. The minimum atomic E-state index is -0.531. The minimum Gasteiger partial charge on any atom is -0.442 e. The van der Waals surface area contributed by atoms with E-state index in [1.807, 2.05) is 6.07 Å². The van der Waals surface area contributed by atoms with Crippen LogP contribution in [0.4, 0.5) is 20.7 Å². The first-order valence-electron chi connectivity index (χ1n) is 11.1. The Morgan fingerprint density at radius 2 is 2.12 bits per heavy atom. The number of ether oxygens (including phenoxy) is 1. The van der Waals surface area contributed by atoms with Gasteiger partial charge in [-0.2, -0.15) is 5.26 Å². The lowest BCUT2D eigenvalue weighted by Crippen LogP contribution is -2.27. The summed E-state index contributed by atoms with van der Waals surface area (Å²) in [6, 6.07) is 12.4. The Bertz CT molecular complexity index is 1260. The second kappa shape index (κ2) is 7.81. The molecule has 4 atom stereocenters. The highest BCUT2D eigenvalue weighted by molar-refractivity contribution is 5.90. The molecule has 10 heteroatoms. The molecular formula is C24H21FN6O3. The Kier molecular flexibility index (Phi) is 4.74. The lowest BCUT2D eigenvalue weighted by atomic mass is 9.96. The van der Waals surface area contributed by atoms with E-state index in [1.165, 1.54) is 17.2 Å². The Labute approximate surface area is 194 Å². The van der Waals surface area contributed by atoms with Gasteiger partial charge in [-0.3, -0.25) is 9.88 Å². The number of hydrogen-bond acceptors (Lipinski definition) is 8. The van der Waals surface area contributed by atoms with Gasteiger partial charge in [-0.25, -0.2) is 9.18 Å². The molecule has 3 fully saturated rings. The maximum atomic E-state index is 15.1. The van der Waals surface area contributed by atoms with Gasteiger partial charge in [0.05, 0.1) is 30.5 Å². The van der Waals surface area contributed by atoms with E-state index in [2.05, 4.69) is 26.8 Å². The van der Waals surface area contributed by atoms with E-state index in [0.29, 0.717) is 41.0 Å². The van der Waals surface area contributed by atoms with Crippen molar-refractivity contribution in [2.75, 3.05) is 36.4 Å². The van der Waals surface area contributed by atoms with E-state index in [1.54, 1.807) is 30.5 Å².